The summed E-state index contributed by atoms with van der Waals surface area (Å²) in [5.41, 5.74) is 0. The van der Waals surface area contributed by atoms with Crippen LogP contribution in [-0.4, -0.2) is 50.4 Å². The Hall–Kier alpha value is -1.10. The number of rotatable bonds is 7. The van der Waals surface area contributed by atoms with Crippen molar-refractivity contribution in [3.63, 3.8) is 0 Å². The predicted molar refractivity (Wildman–Crippen MR) is 66.5 cm³/mol. The number of hydrogen-bond acceptors (Lipinski definition) is 3. The number of nitrogens with one attached hydrogen (secondary N) is 2. The number of carbonyl (C=O) groups excluding carboxylic acids is 2. The first kappa shape index (κ1) is 14.0. The number of nitrogens with zero attached hydrogens (tertiary/aromatic N) is 1. The first-order valence-electron chi connectivity index (χ1n) is 6.26. The average Bonchev–Trinajstić information content (AvgIpc) is 3.05. The van der Waals surface area contributed by atoms with Crippen LogP contribution in [-0.2, 0) is 9.59 Å². The molecule has 0 radical (unpaired) electrons. The lowest BCUT2D eigenvalue weighted by Gasteiger charge is -2.10. The Kier molecular flexibility index (Phi) is 5.41. The van der Waals surface area contributed by atoms with Crippen LogP contribution in [0.5, 0.6) is 0 Å². The lowest BCUT2D eigenvalue weighted by Crippen LogP contribution is -2.34. The molecule has 98 valence electrons. The molecule has 0 bridgehead atoms. The maximum atomic E-state index is 11.7. The lowest BCUT2D eigenvalue weighted by molar-refractivity contribution is -0.127. The molecule has 2 unspecified atom stereocenters. The van der Waals surface area contributed by atoms with E-state index >= 15 is 0 Å². The van der Waals surface area contributed by atoms with Crippen molar-refractivity contribution >= 4 is 11.8 Å². The average molecular weight is 241 g/mol. The smallest absolute Gasteiger partial charge is 0.223 e. The minimum Gasteiger partial charge on any atom is -0.356 e. The Morgan fingerprint density at radius 3 is 2.12 bits per heavy atom. The molecule has 17 heavy (non-hydrogen) atoms. The summed E-state index contributed by atoms with van der Waals surface area (Å²) in [7, 11) is 3.93. The maximum absolute atomic E-state index is 11.7. The van der Waals surface area contributed by atoms with E-state index in [0.717, 1.165) is 13.0 Å². The van der Waals surface area contributed by atoms with Gasteiger partial charge in [0.1, 0.15) is 0 Å². The second kappa shape index (κ2) is 6.59. The summed E-state index contributed by atoms with van der Waals surface area (Å²) in [4.78, 5) is 25.2. The molecule has 2 amide bonds. The monoisotopic (exact) mass is 241 g/mol. The molecule has 5 nitrogen and oxygen atoms in total. The summed E-state index contributed by atoms with van der Waals surface area (Å²) in [6.07, 6.45) is 1.63. The summed E-state index contributed by atoms with van der Waals surface area (Å²) in [5.74, 6) is -0.155. The molecule has 0 aromatic rings. The van der Waals surface area contributed by atoms with Crippen LogP contribution in [0.3, 0.4) is 0 Å². The SMILES string of the molecule is CCCNC(=O)C1CC1C(=O)NCCN(C)C. The highest BCUT2D eigenvalue weighted by atomic mass is 16.2. The molecule has 1 rings (SSSR count). The van der Waals surface area contributed by atoms with Crippen molar-refractivity contribution in [1.82, 2.24) is 15.5 Å². The van der Waals surface area contributed by atoms with Crippen molar-refractivity contribution < 1.29 is 9.59 Å². The molecule has 1 saturated carbocycles. The van der Waals surface area contributed by atoms with Gasteiger partial charge in [-0.05, 0) is 26.9 Å². The van der Waals surface area contributed by atoms with Gasteiger partial charge in [-0.25, -0.2) is 0 Å². The zero-order chi connectivity index (χ0) is 12.8. The molecule has 0 spiro atoms. The van der Waals surface area contributed by atoms with E-state index in [0.29, 0.717) is 19.5 Å². The second-order valence-electron chi connectivity index (χ2n) is 4.83. The molecule has 0 aliphatic heterocycles. The van der Waals surface area contributed by atoms with E-state index in [1.165, 1.54) is 0 Å². The van der Waals surface area contributed by atoms with Crippen molar-refractivity contribution in [2.24, 2.45) is 11.8 Å². The van der Waals surface area contributed by atoms with E-state index in [1.54, 1.807) is 0 Å². The topological polar surface area (TPSA) is 61.4 Å². The summed E-state index contributed by atoms with van der Waals surface area (Å²) in [5, 5.41) is 5.68. The lowest BCUT2D eigenvalue weighted by atomic mass is 10.2. The highest BCUT2D eigenvalue weighted by Crippen LogP contribution is 2.38. The van der Waals surface area contributed by atoms with Crippen LogP contribution < -0.4 is 10.6 Å². The van der Waals surface area contributed by atoms with Crippen LogP contribution in [0, 0.1) is 11.8 Å². The molecular weight excluding hydrogens is 218 g/mol. The van der Waals surface area contributed by atoms with Gasteiger partial charge >= 0.3 is 0 Å². The predicted octanol–water partition coefficient (Wildman–Crippen LogP) is -0.173. The minimum absolute atomic E-state index is 0.0171. The minimum atomic E-state index is -0.103. The molecule has 1 fully saturated rings. The number of carbonyl (C=O) groups is 2. The fourth-order valence-corrected chi connectivity index (χ4v) is 1.69. The zero-order valence-corrected chi connectivity index (χ0v) is 11.0. The molecular formula is C12H23N3O2. The molecule has 1 aliphatic carbocycles. The molecule has 2 N–H and O–H groups in total. The molecule has 0 saturated heterocycles. The van der Waals surface area contributed by atoms with Gasteiger partial charge in [-0.2, -0.15) is 0 Å². The largest absolute Gasteiger partial charge is 0.356 e. The van der Waals surface area contributed by atoms with E-state index in [4.69, 9.17) is 0 Å². The van der Waals surface area contributed by atoms with Crippen LogP contribution in [0.4, 0.5) is 0 Å². The summed E-state index contributed by atoms with van der Waals surface area (Å²) in [6, 6.07) is 0. The van der Waals surface area contributed by atoms with Crippen LogP contribution in [0.15, 0.2) is 0 Å². The van der Waals surface area contributed by atoms with Crippen LogP contribution >= 0.6 is 0 Å². The maximum Gasteiger partial charge on any atom is 0.223 e. The van der Waals surface area contributed by atoms with Gasteiger partial charge in [0.15, 0.2) is 0 Å². The van der Waals surface area contributed by atoms with E-state index in [-0.39, 0.29) is 23.7 Å². The van der Waals surface area contributed by atoms with Gasteiger partial charge < -0.3 is 15.5 Å². The fourth-order valence-electron chi connectivity index (χ4n) is 1.69. The van der Waals surface area contributed by atoms with Crippen molar-refractivity contribution in [2.75, 3.05) is 33.7 Å². The van der Waals surface area contributed by atoms with Crippen molar-refractivity contribution in [3.8, 4) is 0 Å². The van der Waals surface area contributed by atoms with Gasteiger partial charge in [-0.1, -0.05) is 6.92 Å². The van der Waals surface area contributed by atoms with Gasteiger partial charge in [0.05, 0.1) is 11.8 Å². The van der Waals surface area contributed by atoms with E-state index in [1.807, 2.05) is 25.9 Å². The molecule has 0 aromatic heterocycles. The molecule has 0 heterocycles. The molecule has 2 atom stereocenters. The Balaban J connectivity index is 2.17. The van der Waals surface area contributed by atoms with Crippen molar-refractivity contribution in [3.05, 3.63) is 0 Å². The third kappa shape index (κ3) is 4.73. The summed E-state index contributed by atoms with van der Waals surface area (Å²) in [6.45, 7) is 4.18. The Morgan fingerprint density at radius 2 is 1.65 bits per heavy atom. The first-order chi connectivity index (χ1) is 8.06. The molecule has 1 aliphatic rings. The number of hydrogen-bond donors (Lipinski definition) is 2. The standard InChI is InChI=1S/C12H23N3O2/c1-4-5-13-11(16)9-8-10(9)12(17)14-6-7-15(2)3/h9-10H,4-8H2,1-3H3,(H,13,16)(H,14,17). The third-order valence-corrected chi connectivity index (χ3v) is 2.87. The Labute approximate surface area is 103 Å². The number of likely N-dealkylation sites (N-methyl/N-ethyl adjacent to an activating group) is 1. The van der Waals surface area contributed by atoms with E-state index < -0.39 is 0 Å². The highest BCUT2D eigenvalue weighted by molar-refractivity contribution is 5.92. The number of amides is 2. The van der Waals surface area contributed by atoms with Gasteiger partial charge in [-0.3, -0.25) is 9.59 Å². The molecule has 0 aromatic carbocycles. The quantitative estimate of drug-likeness (QED) is 0.650. The second-order valence-corrected chi connectivity index (χ2v) is 4.83. The van der Waals surface area contributed by atoms with E-state index in [2.05, 4.69) is 10.6 Å². The van der Waals surface area contributed by atoms with Crippen LogP contribution in [0.25, 0.3) is 0 Å². The first-order valence-corrected chi connectivity index (χ1v) is 6.26. The van der Waals surface area contributed by atoms with Crippen molar-refractivity contribution in [1.29, 1.82) is 0 Å². The fraction of sp³-hybridized carbons (Fsp3) is 0.833. The van der Waals surface area contributed by atoms with Gasteiger partial charge in [0, 0.05) is 19.6 Å². The Morgan fingerprint density at radius 1 is 1.12 bits per heavy atom. The van der Waals surface area contributed by atoms with Crippen LogP contribution in [0.2, 0.25) is 0 Å². The van der Waals surface area contributed by atoms with Gasteiger partial charge in [0.2, 0.25) is 11.8 Å². The normalized spacial score (nSPS) is 22.4. The van der Waals surface area contributed by atoms with Crippen LogP contribution in [0.1, 0.15) is 19.8 Å². The summed E-state index contributed by atoms with van der Waals surface area (Å²) < 4.78 is 0. The van der Waals surface area contributed by atoms with E-state index in [9.17, 15) is 9.59 Å². The summed E-state index contributed by atoms with van der Waals surface area (Å²) >= 11 is 0. The highest BCUT2D eigenvalue weighted by Gasteiger charge is 2.47. The van der Waals surface area contributed by atoms with Gasteiger partial charge in [-0.15, -0.1) is 0 Å². The molecule has 5 heteroatoms. The zero-order valence-electron chi connectivity index (χ0n) is 11.0. The van der Waals surface area contributed by atoms with Crippen molar-refractivity contribution in [2.45, 2.75) is 19.8 Å². The van der Waals surface area contributed by atoms with Gasteiger partial charge in [0.25, 0.3) is 0 Å². The third-order valence-electron chi connectivity index (χ3n) is 2.87. The Bertz CT molecular complexity index is 279.